The summed E-state index contributed by atoms with van der Waals surface area (Å²) in [6.07, 6.45) is 3.72. The molecule has 0 radical (unpaired) electrons. The average Bonchev–Trinajstić information content (AvgIpc) is 2.94. The van der Waals surface area contributed by atoms with Gasteiger partial charge in [0.25, 0.3) is 0 Å². The lowest BCUT2D eigenvalue weighted by molar-refractivity contribution is -0.140. The highest BCUT2D eigenvalue weighted by atomic mass is 16.5. The summed E-state index contributed by atoms with van der Waals surface area (Å²) in [6, 6.07) is 6.73. The van der Waals surface area contributed by atoms with Crippen molar-refractivity contribution in [1.29, 1.82) is 0 Å². The first kappa shape index (κ1) is 10.8. The molecule has 2 aliphatic rings. The number of carbonyl (C=O) groups is 1. The smallest absolute Gasteiger partial charge is 0.324 e. The van der Waals surface area contributed by atoms with Gasteiger partial charge in [-0.05, 0) is 36.0 Å². The van der Waals surface area contributed by atoms with Crippen molar-refractivity contribution < 1.29 is 9.53 Å². The highest BCUT2D eigenvalue weighted by molar-refractivity contribution is 5.78. The van der Waals surface area contributed by atoms with Gasteiger partial charge < -0.3 is 4.74 Å². The first-order valence-corrected chi connectivity index (χ1v) is 6.20. The number of fused-ring (bicyclic) bond motifs is 1. The molecular formula is C14H17NO2. The molecule has 17 heavy (non-hydrogen) atoms. The zero-order chi connectivity index (χ0) is 11.8. The molecule has 0 spiro atoms. The number of carbonyl (C=O) groups excluding carboxylic acids is 1. The average molecular weight is 231 g/mol. The third kappa shape index (κ3) is 2.07. The number of nitrogens with zero attached hydrogens (tertiary/aromatic N) is 1. The van der Waals surface area contributed by atoms with E-state index in [4.69, 9.17) is 4.74 Å². The fourth-order valence-corrected chi connectivity index (χ4v) is 2.67. The van der Waals surface area contributed by atoms with Crippen LogP contribution in [-0.4, -0.2) is 30.6 Å². The summed E-state index contributed by atoms with van der Waals surface area (Å²) in [4.78, 5) is 13.4. The van der Waals surface area contributed by atoms with E-state index in [9.17, 15) is 4.79 Å². The quantitative estimate of drug-likeness (QED) is 0.583. The Morgan fingerprint density at radius 1 is 1.41 bits per heavy atom. The molecule has 3 rings (SSSR count). The molecule has 0 saturated carbocycles. The summed E-state index contributed by atoms with van der Waals surface area (Å²) in [6.45, 7) is 1.71. The molecule has 1 aromatic rings. The van der Waals surface area contributed by atoms with Gasteiger partial charge in [-0.1, -0.05) is 18.2 Å². The predicted molar refractivity (Wildman–Crippen MR) is 64.7 cm³/mol. The second kappa shape index (κ2) is 4.15. The van der Waals surface area contributed by atoms with Crippen LogP contribution in [0.5, 0.6) is 0 Å². The second-order valence-electron chi connectivity index (χ2n) is 4.93. The number of methoxy groups -OCH3 is 1. The van der Waals surface area contributed by atoms with E-state index < -0.39 is 0 Å². The van der Waals surface area contributed by atoms with Crippen molar-refractivity contribution >= 4 is 5.97 Å². The molecule has 1 heterocycles. The first-order valence-electron chi connectivity index (χ1n) is 6.20. The molecule has 3 heteroatoms. The van der Waals surface area contributed by atoms with Crippen LogP contribution < -0.4 is 0 Å². The van der Waals surface area contributed by atoms with E-state index >= 15 is 0 Å². The molecule has 0 N–H and O–H groups in total. The SMILES string of the molecule is COC(=O)[C@@H]1CN1Cc1ccc2c(c1)CCC2. The summed E-state index contributed by atoms with van der Waals surface area (Å²) in [5.41, 5.74) is 4.32. The maximum Gasteiger partial charge on any atom is 0.324 e. The third-order valence-electron chi connectivity index (χ3n) is 3.74. The Balaban J connectivity index is 1.65. The van der Waals surface area contributed by atoms with Crippen LogP contribution >= 0.6 is 0 Å². The monoisotopic (exact) mass is 231 g/mol. The molecule has 0 aromatic heterocycles. The van der Waals surface area contributed by atoms with Crippen molar-refractivity contribution in [2.75, 3.05) is 13.7 Å². The standard InChI is InChI=1S/C14H17NO2/c1-17-14(16)13-9-15(13)8-10-5-6-11-3-2-4-12(11)7-10/h5-7,13H,2-4,8-9H2,1H3/t13-,15?/m0/s1. The molecule has 1 aliphatic heterocycles. The van der Waals surface area contributed by atoms with Gasteiger partial charge in [0.1, 0.15) is 6.04 Å². The largest absolute Gasteiger partial charge is 0.468 e. The van der Waals surface area contributed by atoms with Gasteiger partial charge in [-0.2, -0.15) is 0 Å². The van der Waals surface area contributed by atoms with E-state index in [0.717, 1.165) is 13.1 Å². The van der Waals surface area contributed by atoms with Gasteiger partial charge in [0.05, 0.1) is 7.11 Å². The van der Waals surface area contributed by atoms with Crippen LogP contribution in [0.15, 0.2) is 18.2 Å². The Morgan fingerprint density at radius 3 is 3.06 bits per heavy atom. The number of benzene rings is 1. The second-order valence-corrected chi connectivity index (χ2v) is 4.93. The Hall–Kier alpha value is -1.35. The number of hydrogen-bond acceptors (Lipinski definition) is 3. The maximum absolute atomic E-state index is 11.3. The van der Waals surface area contributed by atoms with E-state index in [1.165, 1.54) is 43.1 Å². The Labute approximate surface area is 101 Å². The number of aryl methyl sites for hydroxylation is 2. The normalized spacial score (nSPS) is 25.5. The van der Waals surface area contributed by atoms with Crippen molar-refractivity contribution in [2.45, 2.75) is 31.8 Å². The molecule has 1 unspecified atom stereocenters. The highest BCUT2D eigenvalue weighted by Gasteiger charge is 2.41. The van der Waals surface area contributed by atoms with Gasteiger partial charge in [0.15, 0.2) is 0 Å². The summed E-state index contributed by atoms with van der Waals surface area (Å²) in [7, 11) is 1.45. The molecular weight excluding hydrogens is 214 g/mol. The van der Waals surface area contributed by atoms with Crippen LogP contribution in [0.3, 0.4) is 0 Å². The van der Waals surface area contributed by atoms with E-state index in [1.807, 2.05) is 0 Å². The highest BCUT2D eigenvalue weighted by Crippen LogP contribution is 2.26. The molecule has 1 saturated heterocycles. The molecule has 2 atom stereocenters. The fourth-order valence-electron chi connectivity index (χ4n) is 2.67. The fraction of sp³-hybridized carbons (Fsp3) is 0.500. The van der Waals surface area contributed by atoms with E-state index in [0.29, 0.717) is 0 Å². The topological polar surface area (TPSA) is 29.3 Å². The van der Waals surface area contributed by atoms with Crippen molar-refractivity contribution in [1.82, 2.24) is 4.90 Å². The lowest BCUT2D eigenvalue weighted by Gasteiger charge is -2.06. The zero-order valence-corrected chi connectivity index (χ0v) is 10.1. The summed E-state index contributed by atoms with van der Waals surface area (Å²) in [5.74, 6) is -0.105. The molecule has 1 aliphatic carbocycles. The Morgan fingerprint density at radius 2 is 2.24 bits per heavy atom. The van der Waals surface area contributed by atoms with E-state index in [1.54, 1.807) is 0 Å². The Bertz CT molecular complexity index is 456. The van der Waals surface area contributed by atoms with Crippen molar-refractivity contribution in [3.05, 3.63) is 34.9 Å². The minimum atomic E-state index is -0.105. The number of esters is 1. The summed E-state index contributed by atoms with van der Waals surface area (Å²) in [5, 5.41) is 0. The van der Waals surface area contributed by atoms with Crippen molar-refractivity contribution in [3.63, 3.8) is 0 Å². The van der Waals surface area contributed by atoms with Gasteiger partial charge in [0, 0.05) is 13.1 Å². The van der Waals surface area contributed by atoms with Crippen LogP contribution in [0, 0.1) is 0 Å². The molecule has 3 nitrogen and oxygen atoms in total. The third-order valence-corrected chi connectivity index (χ3v) is 3.74. The molecule has 0 bridgehead atoms. The predicted octanol–water partition coefficient (Wildman–Crippen LogP) is 1.53. The van der Waals surface area contributed by atoms with Crippen molar-refractivity contribution in [2.24, 2.45) is 0 Å². The van der Waals surface area contributed by atoms with E-state index in [-0.39, 0.29) is 12.0 Å². The minimum absolute atomic E-state index is 0.00625. The molecule has 1 fully saturated rings. The van der Waals surface area contributed by atoms with Crippen molar-refractivity contribution in [3.8, 4) is 0 Å². The van der Waals surface area contributed by atoms with Gasteiger partial charge in [-0.15, -0.1) is 0 Å². The Kier molecular flexibility index (Phi) is 2.63. The van der Waals surface area contributed by atoms with Gasteiger partial charge in [-0.3, -0.25) is 9.69 Å². The molecule has 0 amide bonds. The van der Waals surface area contributed by atoms with Crippen LogP contribution in [-0.2, 0) is 28.9 Å². The van der Waals surface area contributed by atoms with Crippen LogP contribution in [0.4, 0.5) is 0 Å². The van der Waals surface area contributed by atoms with Crippen LogP contribution in [0.25, 0.3) is 0 Å². The molecule has 90 valence electrons. The number of ether oxygens (including phenoxy) is 1. The summed E-state index contributed by atoms with van der Waals surface area (Å²) >= 11 is 0. The number of rotatable bonds is 3. The maximum atomic E-state index is 11.3. The minimum Gasteiger partial charge on any atom is -0.468 e. The number of hydrogen-bond donors (Lipinski definition) is 0. The van der Waals surface area contributed by atoms with Gasteiger partial charge in [-0.25, -0.2) is 0 Å². The van der Waals surface area contributed by atoms with Crippen LogP contribution in [0.1, 0.15) is 23.1 Å². The lowest BCUT2D eigenvalue weighted by Crippen LogP contribution is -2.14. The van der Waals surface area contributed by atoms with Gasteiger partial charge >= 0.3 is 5.97 Å². The van der Waals surface area contributed by atoms with Gasteiger partial charge in [0.2, 0.25) is 0 Å². The van der Waals surface area contributed by atoms with Crippen LogP contribution in [0.2, 0.25) is 0 Å². The molecule has 1 aromatic carbocycles. The first-order chi connectivity index (χ1) is 8.28. The summed E-state index contributed by atoms with van der Waals surface area (Å²) < 4.78 is 4.74. The van der Waals surface area contributed by atoms with E-state index in [2.05, 4.69) is 23.1 Å². The lowest BCUT2D eigenvalue weighted by atomic mass is 10.1. The zero-order valence-electron chi connectivity index (χ0n) is 10.1.